The number of hydrogen-bond acceptors (Lipinski definition) is 3. The fourth-order valence-electron chi connectivity index (χ4n) is 2.33. The average Bonchev–Trinajstić information content (AvgIpc) is 2.31. The van der Waals surface area contributed by atoms with Gasteiger partial charge in [0.15, 0.2) is 11.5 Å². The van der Waals surface area contributed by atoms with E-state index >= 15 is 0 Å². The lowest BCUT2D eigenvalue weighted by atomic mass is 9.88. The quantitative estimate of drug-likeness (QED) is 0.871. The molecule has 2 rings (SSSR count). The Hall–Kier alpha value is -1.22. The molecular formula is C14H21NO2. The fraction of sp³-hybridized carbons (Fsp3) is 0.571. The van der Waals surface area contributed by atoms with E-state index in [2.05, 4.69) is 12.1 Å². The Morgan fingerprint density at radius 2 is 1.71 bits per heavy atom. The SMILES string of the molecule is CCOc1cc2c(cc1OCC)C[C@@H](N)CC2. The minimum atomic E-state index is 0.287. The minimum absolute atomic E-state index is 0.287. The van der Waals surface area contributed by atoms with Crippen LogP contribution in [0.4, 0.5) is 0 Å². The third-order valence-corrected chi connectivity index (χ3v) is 3.13. The van der Waals surface area contributed by atoms with Crippen LogP contribution in [0.3, 0.4) is 0 Å². The second-order valence-electron chi connectivity index (χ2n) is 4.44. The van der Waals surface area contributed by atoms with E-state index in [1.807, 2.05) is 13.8 Å². The highest BCUT2D eigenvalue weighted by Gasteiger charge is 2.18. The molecule has 1 aromatic carbocycles. The van der Waals surface area contributed by atoms with Crippen molar-refractivity contribution >= 4 is 0 Å². The summed E-state index contributed by atoms with van der Waals surface area (Å²) in [7, 11) is 0. The van der Waals surface area contributed by atoms with Gasteiger partial charge in [0.25, 0.3) is 0 Å². The molecule has 0 radical (unpaired) electrons. The zero-order chi connectivity index (χ0) is 12.3. The molecule has 0 aliphatic heterocycles. The highest BCUT2D eigenvalue weighted by Crippen LogP contribution is 2.34. The topological polar surface area (TPSA) is 44.5 Å². The van der Waals surface area contributed by atoms with Crippen molar-refractivity contribution < 1.29 is 9.47 Å². The van der Waals surface area contributed by atoms with Crippen molar-refractivity contribution in [2.75, 3.05) is 13.2 Å². The highest BCUT2D eigenvalue weighted by molar-refractivity contribution is 5.48. The number of rotatable bonds is 4. The van der Waals surface area contributed by atoms with Crippen molar-refractivity contribution in [3.63, 3.8) is 0 Å². The first-order valence-electron chi connectivity index (χ1n) is 6.41. The molecule has 2 N–H and O–H groups in total. The lowest BCUT2D eigenvalue weighted by Crippen LogP contribution is -2.27. The zero-order valence-corrected chi connectivity index (χ0v) is 10.7. The Labute approximate surface area is 103 Å². The third-order valence-electron chi connectivity index (χ3n) is 3.13. The summed E-state index contributed by atoms with van der Waals surface area (Å²) in [6.07, 6.45) is 3.05. The first kappa shape index (κ1) is 12.2. The lowest BCUT2D eigenvalue weighted by Gasteiger charge is -2.23. The Bertz CT molecular complexity index is 390. The molecule has 0 aromatic heterocycles. The maximum atomic E-state index is 6.00. The molecule has 0 saturated heterocycles. The van der Waals surface area contributed by atoms with Crippen LogP contribution in [0.1, 0.15) is 31.4 Å². The number of aryl methyl sites for hydroxylation is 1. The van der Waals surface area contributed by atoms with E-state index in [-0.39, 0.29) is 6.04 Å². The van der Waals surface area contributed by atoms with Crippen LogP contribution in [0, 0.1) is 0 Å². The first-order chi connectivity index (χ1) is 8.24. The summed E-state index contributed by atoms with van der Waals surface area (Å²) in [5.41, 5.74) is 8.67. The molecule has 3 heteroatoms. The van der Waals surface area contributed by atoms with Gasteiger partial charge in [0.05, 0.1) is 13.2 Å². The fourth-order valence-corrected chi connectivity index (χ4v) is 2.33. The van der Waals surface area contributed by atoms with Crippen LogP contribution in [-0.4, -0.2) is 19.3 Å². The van der Waals surface area contributed by atoms with Gasteiger partial charge in [-0.3, -0.25) is 0 Å². The molecule has 0 saturated carbocycles. The average molecular weight is 235 g/mol. The molecular weight excluding hydrogens is 214 g/mol. The van der Waals surface area contributed by atoms with Crippen molar-refractivity contribution in [3.8, 4) is 11.5 Å². The third kappa shape index (κ3) is 2.72. The summed E-state index contributed by atoms with van der Waals surface area (Å²) >= 11 is 0. The van der Waals surface area contributed by atoms with Gasteiger partial charge in [0.2, 0.25) is 0 Å². The van der Waals surface area contributed by atoms with E-state index in [1.165, 1.54) is 11.1 Å². The minimum Gasteiger partial charge on any atom is -0.490 e. The van der Waals surface area contributed by atoms with E-state index in [0.717, 1.165) is 30.8 Å². The Morgan fingerprint density at radius 1 is 1.12 bits per heavy atom. The maximum absolute atomic E-state index is 6.00. The summed E-state index contributed by atoms with van der Waals surface area (Å²) in [6.45, 7) is 5.30. The Morgan fingerprint density at radius 3 is 2.29 bits per heavy atom. The predicted octanol–water partition coefficient (Wildman–Crippen LogP) is 2.30. The van der Waals surface area contributed by atoms with Crippen LogP contribution < -0.4 is 15.2 Å². The van der Waals surface area contributed by atoms with Crippen LogP contribution in [0.2, 0.25) is 0 Å². The molecule has 0 unspecified atom stereocenters. The van der Waals surface area contributed by atoms with Gasteiger partial charge in [-0.25, -0.2) is 0 Å². The smallest absolute Gasteiger partial charge is 0.161 e. The van der Waals surface area contributed by atoms with Crippen molar-refractivity contribution in [3.05, 3.63) is 23.3 Å². The van der Waals surface area contributed by atoms with E-state index in [9.17, 15) is 0 Å². The molecule has 1 atom stereocenters. The summed E-state index contributed by atoms with van der Waals surface area (Å²) < 4.78 is 11.3. The number of nitrogens with two attached hydrogens (primary N) is 1. The molecule has 0 bridgehead atoms. The highest BCUT2D eigenvalue weighted by atomic mass is 16.5. The lowest BCUT2D eigenvalue weighted by molar-refractivity contribution is 0.286. The van der Waals surface area contributed by atoms with Gasteiger partial charge in [-0.05, 0) is 56.4 Å². The molecule has 0 heterocycles. The van der Waals surface area contributed by atoms with Crippen molar-refractivity contribution in [2.45, 2.75) is 39.2 Å². The van der Waals surface area contributed by atoms with Crippen LogP contribution in [0.15, 0.2) is 12.1 Å². The molecule has 1 aliphatic carbocycles. The molecule has 0 fully saturated rings. The summed E-state index contributed by atoms with van der Waals surface area (Å²) in [4.78, 5) is 0. The first-order valence-corrected chi connectivity index (χ1v) is 6.41. The van der Waals surface area contributed by atoms with Gasteiger partial charge >= 0.3 is 0 Å². The second-order valence-corrected chi connectivity index (χ2v) is 4.44. The van der Waals surface area contributed by atoms with Crippen LogP contribution in [-0.2, 0) is 12.8 Å². The second kappa shape index (κ2) is 5.41. The molecule has 0 amide bonds. The largest absolute Gasteiger partial charge is 0.490 e. The standard InChI is InChI=1S/C14H21NO2/c1-3-16-13-8-10-5-6-12(15)7-11(10)9-14(13)17-4-2/h8-9,12H,3-7,15H2,1-2H3/t12-/m0/s1. The van der Waals surface area contributed by atoms with Crippen LogP contribution >= 0.6 is 0 Å². The molecule has 17 heavy (non-hydrogen) atoms. The van der Waals surface area contributed by atoms with Gasteiger partial charge in [0.1, 0.15) is 0 Å². The van der Waals surface area contributed by atoms with E-state index in [0.29, 0.717) is 13.2 Å². The number of fused-ring (bicyclic) bond motifs is 1. The van der Waals surface area contributed by atoms with E-state index in [4.69, 9.17) is 15.2 Å². The predicted molar refractivity (Wildman–Crippen MR) is 68.8 cm³/mol. The van der Waals surface area contributed by atoms with Gasteiger partial charge in [0, 0.05) is 6.04 Å². The Balaban J connectivity index is 2.33. The normalized spacial score (nSPS) is 18.6. The molecule has 0 spiro atoms. The van der Waals surface area contributed by atoms with Crippen LogP contribution in [0.5, 0.6) is 11.5 Å². The van der Waals surface area contributed by atoms with Gasteiger partial charge in [-0.15, -0.1) is 0 Å². The molecule has 3 nitrogen and oxygen atoms in total. The summed E-state index contributed by atoms with van der Waals surface area (Å²) in [5, 5.41) is 0. The van der Waals surface area contributed by atoms with Crippen LogP contribution in [0.25, 0.3) is 0 Å². The van der Waals surface area contributed by atoms with E-state index in [1.54, 1.807) is 0 Å². The monoisotopic (exact) mass is 235 g/mol. The van der Waals surface area contributed by atoms with Gasteiger partial charge in [-0.2, -0.15) is 0 Å². The molecule has 1 aromatic rings. The maximum Gasteiger partial charge on any atom is 0.161 e. The number of hydrogen-bond donors (Lipinski definition) is 1. The summed E-state index contributed by atoms with van der Waals surface area (Å²) in [6, 6.07) is 4.51. The summed E-state index contributed by atoms with van der Waals surface area (Å²) in [5.74, 6) is 1.71. The van der Waals surface area contributed by atoms with Gasteiger partial charge in [-0.1, -0.05) is 0 Å². The molecule has 94 valence electrons. The van der Waals surface area contributed by atoms with Crippen molar-refractivity contribution in [1.29, 1.82) is 0 Å². The number of benzene rings is 1. The van der Waals surface area contributed by atoms with Crippen molar-refractivity contribution in [2.24, 2.45) is 5.73 Å². The van der Waals surface area contributed by atoms with Crippen molar-refractivity contribution in [1.82, 2.24) is 0 Å². The number of ether oxygens (including phenoxy) is 2. The molecule has 1 aliphatic rings. The van der Waals surface area contributed by atoms with E-state index < -0.39 is 0 Å². The zero-order valence-electron chi connectivity index (χ0n) is 10.7. The Kier molecular flexibility index (Phi) is 3.89. The van der Waals surface area contributed by atoms with Gasteiger partial charge < -0.3 is 15.2 Å².